The van der Waals surface area contributed by atoms with Gasteiger partial charge in [-0.2, -0.15) is 0 Å². The number of aromatic nitrogens is 3. The second-order valence-corrected chi connectivity index (χ2v) is 7.97. The first-order valence-electron chi connectivity index (χ1n) is 8.11. The lowest BCUT2D eigenvalue weighted by molar-refractivity contribution is 0.352. The largest absolute Gasteiger partial charge is 0.356 e. The number of fused-ring (bicyclic) bond motifs is 1. The molecule has 0 saturated heterocycles. The number of guanidine groups is 1. The molecule has 0 amide bonds. The summed E-state index contributed by atoms with van der Waals surface area (Å²) in [4.78, 5) is 7.75. The minimum absolute atomic E-state index is 0.563. The Bertz CT molecular complexity index is 722. The normalized spacial score (nSPS) is 17.7. The summed E-state index contributed by atoms with van der Waals surface area (Å²) in [7, 11) is 3.87. The second-order valence-electron chi connectivity index (χ2n) is 6.17. The predicted molar refractivity (Wildman–Crippen MR) is 98.7 cm³/mol. The topological polar surface area (TPSA) is 58.3 Å². The monoisotopic (exact) mass is 366 g/mol. The van der Waals surface area contributed by atoms with Gasteiger partial charge in [0.15, 0.2) is 5.96 Å². The summed E-state index contributed by atoms with van der Waals surface area (Å²) in [6, 6.07) is 4.00. The first kappa shape index (κ1) is 17.2. The highest BCUT2D eigenvalue weighted by molar-refractivity contribution is 7.16. The van der Waals surface area contributed by atoms with E-state index in [1.807, 2.05) is 27.1 Å². The van der Waals surface area contributed by atoms with Gasteiger partial charge in [0.25, 0.3) is 0 Å². The Morgan fingerprint density at radius 1 is 1.50 bits per heavy atom. The van der Waals surface area contributed by atoms with Crippen molar-refractivity contribution in [1.82, 2.24) is 25.0 Å². The maximum atomic E-state index is 6.01. The molecule has 0 bridgehead atoms. The fourth-order valence-corrected chi connectivity index (χ4v) is 4.20. The zero-order valence-electron chi connectivity index (χ0n) is 14.3. The Morgan fingerprint density at radius 2 is 2.33 bits per heavy atom. The first-order valence-corrected chi connectivity index (χ1v) is 9.31. The number of nitrogens with one attached hydrogen (secondary N) is 1. The zero-order valence-corrected chi connectivity index (χ0v) is 15.9. The molecule has 130 valence electrons. The summed E-state index contributed by atoms with van der Waals surface area (Å²) < 4.78 is 3.05. The van der Waals surface area contributed by atoms with Crippen LogP contribution in [0.4, 0.5) is 0 Å². The molecule has 6 nitrogen and oxygen atoms in total. The van der Waals surface area contributed by atoms with E-state index in [9.17, 15) is 0 Å². The van der Waals surface area contributed by atoms with E-state index in [-0.39, 0.29) is 0 Å². The van der Waals surface area contributed by atoms with Crippen LogP contribution in [0.5, 0.6) is 0 Å². The Morgan fingerprint density at radius 3 is 3.04 bits per heavy atom. The summed E-state index contributed by atoms with van der Waals surface area (Å²) in [5.74, 6) is 3.59. The molecule has 3 rings (SSSR count). The maximum absolute atomic E-state index is 6.01. The molecule has 3 heterocycles. The van der Waals surface area contributed by atoms with Gasteiger partial charge in [0.2, 0.25) is 0 Å². The Kier molecular flexibility index (Phi) is 5.40. The first-order chi connectivity index (χ1) is 11.6. The average Bonchev–Trinajstić information content (AvgIpc) is 3.14. The van der Waals surface area contributed by atoms with Crippen molar-refractivity contribution in [3.05, 3.63) is 33.0 Å². The van der Waals surface area contributed by atoms with E-state index in [2.05, 4.69) is 36.0 Å². The highest BCUT2D eigenvalue weighted by Crippen LogP contribution is 2.22. The van der Waals surface area contributed by atoms with Crippen LogP contribution in [0.3, 0.4) is 0 Å². The van der Waals surface area contributed by atoms with E-state index in [4.69, 9.17) is 11.6 Å². The van der Waals surface area contributed by atoms with Crippen molar-refractivity contribution in [2.45, 2.75) is 32.9 Å². The predicted octanol–water partition coefficient (Wildman–Crippen LogP) is 2.57. The third kappa shape index (κ3) is 3.89. The molecule has 1 unspecified atom stereocenters. The molecule has 0 saturated carbocycles. The molecule has 24 heavy (non-hydrogen) atoms. The lowest BCUT2D eigenvalue weighted by Crippen LogP contribution is -2.42. The Hall–Kier alpha value is -1.60. The lowest BCUT2D eigenvalue weighted by atomic mass is 9.99. The molecule has 2 aromatic heterocycles. The van der Waals surface area contributed by atoms with Crippen molar-refractivity contribution in [2.24, 2.45) is 10.9 Å². The number of thiophene rings is 1. The molecule has 0 spiro atoms. The van der Waals surface area contributed by atoms with Crippen LogP contribution in [0.25, 0.3) is 0 Å². The van der Waals surface area contributed by atoms with Crippen LogP contribution in [0.1, 0.15) is 22.9 Å². The molecular formula is C16H23ClN6S. The van der Waals surface area contributed by atoms with Crippen LogP contribution in [-0.2, 0) is 19.5 Å². The lowest BCUT2D eigenvalue weighted by Gasteiger charge is -2.27. The van der Waals surface area contributed by atoms with Crippen LogP contribution in [-0.4, -0.2) is 46.3 Å². The Balaban J connectivity index is 1.54. The average molecular weight is 367 g/mol. The van der Waals surface area contributed by atoms with E-state index >= 15 is 0 Å². The van der Waals surface area contributed by atoms with Crippen LogP contribution < -0.4 is 5.32 Å². The number of hydrogen-bond donors (Lipinski definition) is 1. The molecule has 0 aromatic carbocycles. The zero-order chi connectivity index (χ0) is 17.1. The van der Waals surface area contributed by atoms with E-state index in [0.717, 1.165) is 54.4 Å². The molecule has 8 heteroatoms. The smallest absolute Gasteiger partial charge is 0.193 e. The van der Waals surface area contributed by atoms with Gasteiger partial charge in [-0.3, -0.25) is 4.99 Å². The quantitative estimate of drug-likeness (QED) is 0.667. The third-order valence-corrected chi connectivity index (χ3v) is 5.59. The van der Waals surface area contributed by atoms with Crippen molar-refractivity contribution in [2.75, 3.05) is 20.6 Å². The molecule has 1 N–H and O–H groups in total. The second kappa shape index (κ2) is 7.53. The number of hydrogen-bond acceptors (Lipinski definition) is 4. The highest BCUT2D eigenvalue weighted by Gasteiger charge is 2.22. The van der Waals surface area contributed by atoms with Crippen LogP contribution >= 0.6 is 22.9 Å². The van der Waals surface area contributed by atoms with Crippen molar-refractivity contribution in [3.63, 3.8) is 0 Å². The van der Waals surface area contributed by atoms with Gasteiger partial charge in [0.05, 0.1) is 10.9 Å². The maximum Gasteiger partial charge on any atom is 0.193 e. The summed E-state index contributed by atoms with van der Waals surface area (Å²) in [5, 5.41) is 11.9. The van der Waals surface area contributed by atoms with Gasteiger partial charge in [-0.05, 0) is 31.4 Å². The molecule has 2 aromatic rings. The van der Waals surface area contributed by atoms with Crippen molar-refractivity contribution < 1.29 is 0 Å². The van der Waals surface area contributed by atoms with E-state index in [0.29, 0.717) is 5.92 Å². The number of nitrogens with zero attached hydrogens (tertiary/aromatic N) is 5. The molecule has 1 aliphatic heterocycles. The fraction of sp³-hybridized carbons (Fsp3) is 0.562. The molecule has 0 radical (unpaired) electrons. The van der Waals surface area contributed by atoms with E-state index in [1.54, 1.807) is 11.3 Å². The molecule has 1 atom stereocenters. The summed E-state index contributed by atoms with van der Waals surface area (Å²) in [6.07, 6.45) is 2.13. The summed E-state index contributed by atoms with van der Waals surface area (Å²) in [6.45, 7) is 4.70. The van der Waals surface area contributed by atoms with E-state index < -0.39 is 0 Å². The minimum atomic E-state index is 0.563. The molecular weight excluding hydrogens is 344 g/mol. The standard InChI is InChI=1S/C16H23ClN6S/c1-11-20-21-15-7-4-12(9-23(11)15)8-19-16(18-2)22(3)10-13-5-6-14(17)24-13/h5-6,12H,4,7-10H2,1-3H3,(H,18,19). The fourth-order valence-electron chi connectivity index (χ4n) is 3.06. The number of aryl methyl sites for hydroxylation is 2. The number of aliphatic imine (C=N–C) groups is 1. The van der Waals surface area contributed by atoms with Crippen molar-refractivity contribution in [3.8, 4) is 0 Å². The highest BCUT2D eigenvalue weighted by atomic mass is 35.5. The van der Waals surface area contributed by atoms with Crippen LogP contribution in [0.15, 0.2) is 17.1 Å². The van der Waals surface area contributed by atoms with Gasteiger partial charge in [-0.15, -0.1) is 21.5 Å². The van der Waals surface area contributed by atoms with Gasteiger partial charge in [0.1, 0.15) is 11.6 Å². The summed E-state index contributed by atoms with van der Waals surface area (Å²) in [5.41, 5.74) is 0. The van der Waals surface area contributed by atoms with Gasteiger partial charge >= 0.3 is 0 Å². The van der Waals surface area contributed by atoms with Crippen LogP contribution in [0.2, 0.25) is 4.34 Å². The van der Waals surface area contributed by atoms with Gasteiger partial charge in [0, 0.05) is 38.5 Å². The van der Waals surface area contributed by atoms with Crippen LogP contribution in [0, 0.1) is 12.8 Å². The molecule has 0 fully saturated rings. The minimum Gasteiger partial charge on any atom is -0.356 e. The third-order valence-electron chi connectivity index (χ3n) is 4.37. The van der Waals surface area contributed by atoms with E-state index in [1.165, 1.54) is 4.88 Å². The summed E-state index contributed by atoms with van der Waals surface area (Å²) >= 11 is 7.61. The van der Waals surface area contributed by atoms with Gasteiger partial charge in [-0.1, -0.05) is 11.6 Å². The van der Waals surface area contributed by atoms with Crippen molar-refractivity contribution >= 4 is 28.9 Å². The number of halogens is 1. The van der Waals surface area contributed by atoms with Gasteiger partial charge < -0.3 is 14.8 Å². The molecule has 1 aliphatic rings. The van der Waals surface area contributed by atoms with Gasteiger partial charge in [-0.25, -0.2) is 0 Å². The number of rotatable bonds is 4. The Labute approximate surface area is 151 Å². The SMILES string of the molecule is CN=C(NCC1CCc2nnc(C)n2C1)N(C)Cc1ccc(Cl)s1. The molecule has 0 aliphatic carbocycles. The van der Waals surface area contributed by atoms with Crippen molar-refractivity contribution in [1.29, 1.82) is 0 Å².